The fourth-order valence-corrected chi connectivity index (χ4v) is 3.01. The highest BCUT2D eigenvalue weighted by atomic mass is 32.2. The third-order valence-electron chi connectivity index (χ3n) is 3.60. The van der Waals surface area contributed by atoms with Crippen molar-refractivity contribution >= 4 is 23.6 Å². The Bertz CT molecular complexity index is 529. The Hall–Kier alpha value is -1.53. The van der Waals surface area contributed by atoms with Crippen LogP contribution in [0, 0.1) is 0 Å². The number of ether oxygens (including phenoxy) is 1. The summed E-state index contributed by atoms with van der Waals surface area (Å²) in [7, 11) is 0. The third-order valence-corrected chi connectivity index (χ3v) is 4.60. The number of carboxylic acid groups (broad SMARTS) is 1. The number of thioether (sulfide) groups is 1. The molecule has 0 aliphatic carbocycles. The van der Waals surface area contributed by atoms with E-state index in [1.54, 1.807) is 4.90 Å². The summed E-state index contributed by atoms with van der Waals surface area (Å²) in [5.41, 5.74) is 1.27. The van der Waals surface area contributed by atoms with Gasteiger partial charge in [0.15, 0.2) is 6.10 Å². The molecule has 0 spiro atoms. The smallest absolute Gasteiger partial charge is 0.334 e. The highest BCUT2D eigenvalue weighted by Gasteiger charge is 2.28. The first-order chi connectivity index (χ1) is 10.5. The molecule has 0 bridgehead atoms. The number of hydrogen-bond donors (Lipinski definition) is 1. The molecule has 1 N–H and O–H groups in total. The molecule has 1 atom stereocenters. The monoisotopic (exact) mass is 323 g/mol. The van der Waals surface area contributed by atoms with Crippen LogP contribution in [0.15, 0.2) is 29.2 Å². The van der Waals surface area contributed by atoms with E-state index in [1.807, 2.05) is 12.1 Å². The minimum absolute atomic E-state index is 0.0486. The number of amides is 1. The van der Waals surface area contributed by atoms with E-state index in [0.29, 0.717) is 18.2 Å². The molecule has 1 unspecified atom stereocenters. The molecule has 1 aliphatic rings. The molecule has 6 heteroatoms. The SMILES string of the molecule is CC(C)c1ccc(SCC(=O)N2CCOC(C(=O)O)C2)cc1. The summed E-state index contributed by atoms with van der Waals surface area (Å²) in [6.45, 7) is 5.14. The zero-order valence-corrected chi connectivity index (χ0v) is 13.6. The molecule has 1 aromatic rings. The quantitative estimate of drug-likeness (QED) is 0.842. The molecule has 1 aliphatic heterocycles. The van der Waals surface area contributed by atoms with Crippen LogP contribution in [0.5, 0.6) is 0 Å². The molecule has 0 aromatic heterocycles. The van der Waals surface area contributed by atoms with Crippen molar-refractivity contribution in [1.29, 1.82) is 0 Å². The standard InChI is InChI=1S/C16H21NO4S/c1-11(2)12-3-5-13(6-4-12)22-10-15(18)17-7-8-21-14(9-17)16(19)20/h3-6,11,14H,7-10H2,1-2H3,(H,19,20). The van der Waals surface area contributed by atoms with Crippen molar-refractivity contribution in [3.8, 4) is 0 Å². The summed E-state index contributed by atoms with van der Waals surface area (Å²) in [6.07, 6.45) is -0.909. The van der Waals surface area contributed by atoms with Crippen molar-refractivity contribution in [1.82, 2.24) is 4.90 Å². The van der Waals surface area contributed by atoms with Gasteiger partial charge in [-0.1, -0.05) is 26.0 Å². The van der Waals surface area contributed by atoms with Gasteiger partial charge in [0.25, 0.3) is 0 Å². The van der Waals surface area contributed by atoms with Gasteiger partial charge in [-0.15, -0.1) is 11.8 Å². The maximum atomic E-state index is 12.2. The van der Waals surface area contributed by atoms with E-state index < -0.39 is 12.1 Å². The average Bonchev–Trinajstić information content (AvgIpc) is 2.53. The lowest BCUT2D eigenvalue weighted by atomic mass is 10.0. The van der Waals surface area contributed by atoms with Gasteiger partial charge in [0.2, 0.25) is 5.91 Å². The predicted molar refractivity (Wildman–Crippen MR) is 85.2 cm³/mol. The molecule has 1 fully saturated rings. The maximum Gasteiger partial charge on any atom is 0.334 e. The highest BCUT2D eigenvalue weighted by molar-refractivity contribution is 8.00. The number of rotatable bonds is 5. The van der Waals surface area contributed by atoms with Crippen LogP contribution in [-0.4, -0.2) is 53.4 Å². The van der Waals surface area contributed by atoms with Crippen molar-refractivity contribution in [2.45, 2.75) is 30.8 Å². The highest BCUT2D eigenvalue weighted by Crippen LogP contribution is 2.22. The number of hydrogen-bond acceptors (Lipinski definition) is 4. The molecule has 1 amide bonds. The Kier molecular flexibility index (Phi) is 5.85. The second kappa shape index (κ2) is 7.65. The minimum atomic E-state index is -1.02. The summed E-state index contributed by atoms with van der Waals surface area (Å²) in [5.74, 6) is -0.267. The largest absolute Gasteiger partial charge is 0.479 e. The van der Waals surface area contributed by atoms with E-state index in [0.717, 1.165) is 4.90 Å². The Labute approximate surface area is 134 Å². The zero-order chi connectivity index (χ0) is 16.1. The van der Waals surface area contributed by atoms with Crippen LogP contribution >= 0.6 is 11.8 Å². The molecule has 1 heterocycles. The maximum absolute atomic E-state index is 12.2. The summed E-state index contributed by atoms with van der Waals surface area (Å²) in [5, 5.41) is 8.95. The van der Waals surface area contributed by atoms with Crippen LogP contribution in [0.4, 0.5) is 0 Å². The van der Waals surface area contributed by atoms with Gasteiger partial charge in [0.05, 0.1) is 18.9 Å². The van der Waals surface area contributed by atoms with E-state index in [4.69, 9.17) is 9.84 Å². The van der Waals surface area contributed by atoms with E-state index in [2.05, 4.69) is 26.0 Å². The van der Waals surface area contributed by atoms with Crippen molar-refractivity contribution < 1.29 is 19.4 Å². The lowest BCUT2D eigenvalue weighted by Crippen LogP contribution is -2.49. The van der Waals surface area contributed by atoms with Gasteiger partial charge >= 0.3 is 5.97 Å². The van der Waals surface area contributed by atoms with Crippen LogP contribution in [-0.2, 0) is 14.3 Å². The molecule has 0 radical (unpaired) electrons. The number of benzene rings is 1. The first-order valence-corrected chi connectivity index (χ1v) is 8.31. The molecule has 120 valence electrons. The molecule has 0 saturated carbocycles. The van der Waals surface area contributed by atoms with Crippen molar-refractivity contribution in [2.24, 2.45) is 0 Å². The number of morpholine rings is 1. The van der Waals surface area contributed by atoms with Crippen molar-refractivity contribution in [3.63, 3.8) is 0 Å². The summed E-state index contributed by atoms with van der Waals surface area (Å²) in [4.78, 5) is 25.7. The molecule has 5 nitrogen and oxygen atoms in total. The Morgan fingerprint density at radius 2 is 2.05 bits per heavy atom. The van der Waals surface area contributed by atoms with E-state index >= 15 is 0 Å². The summed E-state index contributed by atoms with van der Waals surface area (Å²) in [6, 6.07) is 8.19. The molecule has 1 aromatic carbocycles. The zero-order valence-electron chi connectivity index (χ0n) is 12.8. The summed E-state index contributed by atoms with van der Waals surface area (Å²) < 4.78 is 5.12. The molecule has 22 heavy (non-hydrogen) atoms. The Balaban J connectivity index is 1.85. The van der Waals surface area contributed by atoms with Gasteiger partial charge < -0.3 is 14.7 Å². The van der Waals surface area contributed by atoms with Crippen LogP contribution in [0.1, 0.15) is 25.3 Å². The second-order valence-corrected chi connectivity index (χ2v) is 6.60. The normalized spacial score (nSPS) is 18.5. The van der Waals surface area contributed by atoms with Crippen LogP contribution < -0.4 is 0 Å². The number of carboxylic acids is 1. The van der Waals surface area contributed by atoms with Gasteiger partial charge in [0, 0.05) is 11.4 Å². The number of carbonyl (C=O) groups is 2. The fraction of sp³-hybridized carbons (Fsp3) is 0.500. The molecular weight excluding hydrogens is 302 g/mol. The first-order valence-electron chi connectivity index (χ1n) is 7.32. The van der Waals surface area contributed by atoms with Gasteiger partial charge in [-0.25, -0.2) is 4.79 Å². The molecule has 2 rings (SSSR count). The molecule has 1 saturated heterocycles. The first kappa shape index (κ1) is 16.8. The minimum Gasteiger partial charge on any atom is -0.479 e. The van der Waals surface area contributed by atoms with Crippen molar-refractivity contribution in [2.75, 3.05) is 25.4 Å². The summed E-state index contributed by atoms with van der Waals surface area (Å²) >= 11 is 1.47. The van der Waals surface area contributed by atoms with Crippen molar-refractivity contribution in [3.05, 3.63) is 29.8 Å². The third kappa shape index (κ3) is 4.48. The van der Waals surface area contributed by atoms with Crippen LogP contribution in [0.25, 0.3) is 0 Å². The van der Waals surface area contributed by atoms with Gasteiger partial charge in [-0.05, 0) is 23.6 Å². The Morgan fingerprint density at radius 1 is 1.36 bits per heavy atom. The van der Waals surface area contributed by atoms with Gasteiger partial charge in [-0.3, -0.25) is 4.79 Å². The van der Waals surface area contributed by atoms with Gasteiger partial charge in [0.1, 0.15) is 0 Å². The lowest BCUT2D eigenvalue weighted by Gasteiger charge is -2.30. The molecular formula is C16H21NO4S. The topological polar surface area (TPSA) is 66.8 Å². The predicted octanol–water partition coefficient (Wildman–Crippen LogP) is 2.21. The van der Waals surface area contributed by atoms with E-state index in [9.17, 15) is 9.59 Å². The van der Waals surface area contributed by atoms with E-state index in [1.165, 1.54) is 17.3 Å². The fourth-order valence-electron chi connectivity index (χ4n) is 2.21. The second-order valence-electron chi connectivity index (χ2n) is 5.55. The number of nitrogens with zero attached hydrogens (tertiary/aromatic N) is 1. The lowest BCUT2D eigenvalue weighted by molar-refractivity contribution is -0.158. The number of aliphatic carboxylic acids is 1. The van der Waals surface area contributed by atoms with Crippen LogP contribution in [0.2, 0.25) is 0 Å². The Morgan fingerprint density at radius 3 is 2.64 bits per heavy atom. The van der Waals surface area contributed by atoms with Crippen LogP contribution in [0.3, 0.4) is 0 Å². The number of carbonyl (C=O) groups excluding carboxylic acids is 1. The van der Waals surface area contributed by atoms with E-state index in [-0.39, 0.29) is 19.1 Å². The van der Waals surface area contributed by atoms with Gasteiger partial charge in [-0.2, -0.15) is 0 Å². The average molecular weight is 323 g/mol.